The van der Waals surface area contributed by atoms with Crippen LogP contribution in [0, 0.1) is 0 Å². The van der Waals surface area contributed by atoms with Gasteiger partial charge in [0.05, 0.1) is 6.54 Å². The molecule has 1 heterocycles. The quantitative estimate of drug-likeness (QED) is 0.116. The molecule has 1 aromatic rings. The second kappa shape index (κ2) is 7.84. The first-order valence-electron chi connectivity index (χ1n) is 7.22. The van der Waals surface area contributed by atoms with Crippen molar-refractivity contribution in [3.63, 3.8) is 0 Å². The molecule has 0 radical (unpaired) electrons. The summed E-state index contributed by atoms with van der Waals surface area (Å²) in [6.07, 6.45) is -1.48. The van der Waals surface area contributed by atoms with Gasteiger partial charge in [0.1, 0.15) is 6.04 Å². The first-order chi connectivity index (χ1) is 13.0. The standard InChI is InChI=1S/C12H14N6O9S/c19-7-2-1-5(3-8(7)20)13-10(22)15-17-28(26,27)16-11(23)18-4-6(9(18)21)14-12(24)25/h1-3,6,14,17,19-20H,4H2,(H,16,23)(H,24,25)(H2,13,15,22)/t6-/m0/s1. The zero-order valence-corrected chi connectivity index (χ0v) is 14.5. The van der Waals surface area contributed by atoms with Crippen molar-refractivity contribution in [3.8, 4) is 11.5 Å². The van der Waals surface area contributed by atoms with Crippen LogP contribution in [0.1, 0.15) is 0 Å². The van der Waals surface area contributed by atoms with E-state index in [9.17, 15) is 32.7 Å². The highest BCUT2D eigenvalue weighted by molar-refractivity contribution is 7.88. The number of hydrazine groups is 1. The average Bonchev–Trinajstić information content (AvgIpc) is 2.58. The fourth-order valence-corrected chi connectivity index (χ4v) is 2.56. The average molecular weight is 418 g/mol. The van der Waals surface area contributed by atoms with Crippen molar-refractivity contribution in [2.24, 2.45) is 0 Å². The van der Waals surface area contributed by atoms with Crippen molar-refractivity contribution in [1.82, 2.24) is 25.2 Å². The van der Waals surface area contributed by atoms with Gasteiger partial charge in [0.15, 0.2) is 11.5 Å². The number of β-lactam (4-membered cyclic amide) rings is 1. The minimum atomic E-state index is -4.61. The van der Waals surface area contributed by atoms with Gasteiger partial charge in [-0.15, -0.1) is 4.83 Å². The van der Waals surface area contributed by atoms with Crippen molar-refractivity contribution in [2.75, 3.05) is 11.9 Å². The fraction of sp³-hybridized carbons (Fsp3) is 0.167. The lowest BCUT2D eigenvalue weighted by Crippen LogP contribution is -2.68. The Balaban J connectivity index is 1.82. The Kier molecular flexibility index (Phi) is 5.75. The highest BCUT2D eigenvalue weighted by Crippen LogP contribution is 2.27. The van der Waals surface area contributed by atoms with Crippen molar-refractivity contribution in [2.45, 2.75) is 6.04 Å². The Morgan fingerprint density at radius 3 is 2.39 bits per heavy atom. The molecule has 16 heteroatoms. The fourth-order valence-electron chi connectivity index (χ4n) is 1.94. The van der Waals surface area contributed by atoms with Gasteiger partial charge in [-0.1, -0.05) is 0 Å². The minimum absolute atomic E-state index is 0.0131. The van der Waals surface area contributed by atoms with Crippen LogP contribution in [0.5, 0.6) is 11.5 Å². The molecule has 2 rings (SSSR count). The molecule has 1 aliphatic rings. The molecule has 1 saturated heterocycles. The van der Waals surface area contributed by atoms with E-state index in [0.717, 1.165) is 12.1 Å². The molecule has 0 aromatic heterocycles. The monoisotopic (exact) mass is 418 g/mol. The number of anilines is 1. The normalized spacial score (nSPS) is 15.9. The number of carboxylic acid groups (broad SMARTS) is 1. The number of phenols is 2. The smallest absolute Gasteiger partial charge is 0.405 e. The van der Waals surface area contributed by atoms with Gasteiger partial charge < -0.3 is 26.0 Å². The maximum atomic E-state index is 11.7. The number of amides is 6. The number of carbonyl (C=O) groups is 4. The maximum Gasteiger partial charge on any atom is 0.405 e. The SMILES string of the molecule is O=C(O)N[C@H]1CN(C(=O)NS(=O)(=O)NNC(=O)Nc2ccc(O)c(O)c2)C1=O. The van der Waals surface area contributed by atoms with E-state index in [0.29, 0.717) is 4.90 Å². The number of urea groups is 2. The van der Waals surface area contributed by atoms with Crippen LogP contribution in [-0.4, -0.2) is 65.3 Å². The van der Waals surface area contributed by atoms with Gasteiger partial charge in [0.2, 0.25) is 0 Å². The molecular formula is C12H14N6O9S. The summed E-state index contributed by atoms with van der Waals surface area (Å²) in [4.78, 5) is 47.2. The summed E-state index contributed by atoms with van der Waals surface area (Å²) in [7, 11) is -4.61. The van der Waals surface area contributed by atoms with Gasteiger partial charge in [-0.2, -0.15) is 8.42 Å². The molecule has 1 aromatic carbocycles. The first-order valence-corrected chi connectivity index (χ1v) is 8.70. The number of likely N-dealkylation sites (tertiary alicyclic amines) is 1. The minimum Gasteiger partial charge on any atom is -0.504 e. The highest BCUT2D eigenvalue weighted by atomic mass is 32.2. The molecular weight excluding hydrogens is 404 g/mol. The number of nitrogens with one attached hydrogen (secondary N) is 5. The number of hydrogen-bond acceptors (Lipinski definition) is 8. The molecule has 8 N–H and O–H groups in total. The number of nitrogens with zero attached hydrogens (tertiary/aromatic N) is 1. The van der Waals surface area contributed by atoms with Crippen LogP contribution in [0.2, 0.25) is 0 Å². The zero-order valence-electron chi connectivity index (χ0n) is 13.7. The third-order valence-electron chi connectivity index (χ3n) is 3.23. The third-order valence-corrected chi connectivity index (χ3v) is 4.04. The van der Waals surface area contributed by atoms with Crippen LogP contribution in [0.25, 0.3) is 0 Å². The molecule has 0 aliphatic carbocycles. The Labute approximate surface area is 156 Å². The number of aromatic hydroxyl groups is 2. The summed E-state index contributed by atoms with van der Waals surface area (Å²) in [5.74, 6) is -1.91. The molecule has 6 amide bonds. The molecule has 152 valence electrons. The predicted octanol–water partition coefficient (Wildman–Crippen LogP) is -1.84. The van der Waals surface area contributed by atoms with E-state index in [1.807, 2.05) is 5.32 Å². The van der Waals surface area contributed by atoms with Gasteiger partial charge in [0, 0.05) is 11.8 Å². The Hall–Kier alpha value is -3.79. The maximum absolute atomic E-state index is 11.7. The lowest BCUT2D eigenvalue weighted by molar-refractivity contribution is -0.138. The molecule has 0 bridgehead atoms. The summed E-state index contributed by atoms with van der Waals surface area (Å²) in [5, 5.41) is 30.9. The molecule has 0 saturated carbocycles. The molecule has 1 fully saturated rings. The molecule has 1 atom stereocenters. The number of rotatable bonds is 5. The first kappa shape index (κ1) is 20.5. The molecule has 1 aliphatic heterocycles. The molecule has 0 spiro atoms. The summed E-state index contributed by atoms with van der Waals surface area (Å²) in [5.41, 5.74) is 1.70. The van der Waals surface area contributed by atoms with E-state index >= 15 is 0 Å². The lowest BCUT2D eigenvalue weighted by Gasteiger charge is -2.35. The van der Waals surface area contributed by atoms with Crippen LogP contribution in [0.15, 0.2) is 18.2 Å². The van der Waals surface area contributed by atoms with Gasteiger partial charge in [-0.3, -0.25) is 15.1 Å². The van der Waals surface area contributed by atoms with Crippen LogP contribution in [0.4, 0.5) is 20.1 Å². The largest absolute Gasteiger partial charge is 0.504 e. The van der Waals surface area contributed by atoms with E-state index in [1.54, 1.807) is 5.43 Å². The van der Waals surface area contributed by atoms with E-state index in [-0.39, 0.29) is 12.2 Å². The van der Waals surface area contributed by atoms with Gasteiger partial charge in [0.25, 0.3) is 5.91 Å². The third kappa shape index (κ3) is 5.11. The highest BCUT2D eigenvalue weighted by Gasteiger charge is 2.42. The van der Waals surface area contributed by atoms with E-state index < -0.39 is 51.8 Å². The number of imide groups is 1. The van der Waals surface area contributed by atoms with E-state index in [4.69, 9.17) is 10.2 Å². The van der Waals surface area contributed by atoms with Crippen LogP contribution in [0.3, 0.4) is 0 Å². The summed E-state index contributed by atoms with van der Waals surface area (Å²) in [6, 6.07) is -0.347. The predicted molar refractivity (Wildman–Crippen MR) is 89.2 cm³/mol. The van der Waals surface area contributed by atoms with E-state index in [2.05, 4.69) is 5.32 Å². The van der Waals surface area contributed by atoms with Crippen molar-refractivity contribution < 1.29 is 42.9 Å². The lowest BCUT2D eigenvalue weighted by atomic mass is 10.1. The number of benzene rings is 1. The Morgan fingerprint density at radius 2 is 1.82 bits per heavy atom. The second-order valence-electron chi connectivity index (χ2n) is 5.25. The zero-order chi connectivity index (χ0) is 21.1. The van der Waals surface area contributed by atoms with Crippen molar-refractivity contribution >= 4 is 40.0 Å². The number of carbonyl (C=O) groups excluding carboxylic acids is 3. The molecule has 28 heavy (non-hydrogen) atoms. The van der Waals surface area contributed by atoms with Crippen LogP contribution in [-0.2, 0) is 15.0 Å². The van der Waals surface area contributed by atoms with Crippen LogP contribution >= 0.6 is 0 Å². The Bertz CT molecular complexity index is 934. The van der Waals surface area contributed by atoms with Gasteiger partial charge >= 0.3 is 28.4 Å². The number of hydrogen-bond donors (Lipinski definition) is 8. The van der Waals surface area contributed by atoms with E-state index in [1.165, 1.54) is 15.6 Å². The molecule has 0 unspecified atom stereocenters. The topological polar surface area (TPSA) is 226 Å². The summed E-state index contributed by atoms with van der Waals surface area (Å²) < 4.78 is 24.8. The van der Waals surface area contributed by atoms with Gasteiger partial charge in [-0.05, 0) is 12.1 Å². The van der Waals surface area contributed by atoms with Crippen molar-refractivity contribution in [3.05, 3.63) is 18.2 Å². The van der Waals surface area contributed by atoms with Gasteiger partial charge in [-0.25, -0.2) is 19.1 Å². The van der Waals surface area contributed by atoms with Crippen molar-refractivity contribution in [1.29, 1.82) is 0 Å². The molecule has 15 nitrogen and oxygen atoms in total. The summed E-state index contributed by atoms with van der Waals surface area (Å²) >= 11 is 0. The number of phenolic OH excluding ortho intramolecular Hbond substituents is 2. The van der Waals surface area contributed by atoms with Crippen LogP contribution < -0.4 is 25.6 Å². The second-order valence-corrected chi connectivity index (χ2v) is 6.66. The summed E-state index contributed by atoms with van der Waals surface area (Å²) in [6.45, 7) is -0.370. The Morgan fingerprint density at radius 1 is 1.14 bits per heavy atom.